The van der Waals surface area contributed by atoms with Crippen LogP contribution < -0.4 is 89.7 Å². The minimum Gasteiger partial charge on any atom is -0.496 e. The summed E-state index contributed by atoms with van der Waals surface area (Å²) in [6, 6.07) is 12.4. The van der Waals surface area contributed by atoms with Gasteiger partial charge in [0.25, 0.3) is 23.6 Å². The van der Waals surface area contributed by atoms with Gasteiger partial charge in [-0.25, -0.2) is 9.59 Å². The minimum absolute atomic E-state index is 0.00551. The van der Waals surface area contributed by atoms with Gasteiger partial charge in [0.05, 0.1) is 63.8 Å². The number of amides is 12. The molecule has 0 saturated heterocycles. The predicted octanol–water partition coefficient (Wildman–Crippen LogP) is 0.703. The van der Waals surface area contributed by atoms with Gasteiger partial charge in [-0.3, -0.25) is 38.4 Å². The molecule has 0 bridgehead atoms. The van der Waals surface area contributed by atoms with Crippen LogP contribution in [0.2, 0.25) is 0 Å². The maximum Gasteiger partial charge on any atom is 0.312 e. The first kappa shape index (κ1) is 58.9. The topological polar surface area (TPSA) is 420 Å². The van der Waals surface area contributed by atoms with Crippen LogP contribution in [0.3, 0.4) is 0 Å². The summed E-state index contributed by atoms with van der Waals surface area (Å²) in [5, 5.41) is 23.1. The monoisotopic (exact) mass is 1060 g/mol. The molecular weight excluding hydrogens is 995 g/mol. The number of rotatable bonds is 27. The lowest BCUT2D eigenvalue weighted by molar-refractivity contribution is -0.119. The second-order valence-corrected chi connectivity index (χ2v) is 16.5. The van der Waals surface area contributed by atoms with E-state index in [0.717, 1.165) is 0 Å². The lowest BCUT2D eigenvalue weighted by Gasteiger charge is -2.25. The molecule has 17 N–H and O–H groups in total. The van der Waals surface area contributed by atoms with Gasteiger partial charge in [0.15, 0.2) is 0 Å². The molecule has 0 aromatic heterocycles. The molecule has 0 aliphatic heterocycles. The highest BCUT2D eigenvalue weighted by atomic mass is 16.5. The maximum atomic E-state index is 14.3. The van der Waals surface area contributed by atoms with E-state index in [-0.39, 0.29) is 107 Å². The van der Waals surface area contributed by atoms with Crippen LogP contribution in [0.5, 0.6) is 23.0 Å². The Bertz CT molecular complexity index is 2830. The summed E-state index contributed by atoms with van der Waals surface area (Å²) in [5.74, 6) is -6.24. The zero-order valence-corrected chi connectivity index (χ0v) is 42.1. The average molecular weight is 1060 g/mol. The van der Waals surface area contributed by atoms with Crippen molar-refractivity contribution in [1.82, 2.24) is 26.6 Å². The van der Waals surface area contributed by atoms with E-state index < -0.39 is 83.9 Å². The SMILES string of the molecule is COc1ccc(NC(=O)C(CCCNC(N)=O)NC(=O)c2cc(NC(=O)C(NC(=O)c3cc(NC(=O)CNC(=O)c4cc(NC(=O)CN)ccc4OC)ccc3OC)C(C)CCNC(N)=O)ccc2OC)cc1C(N)=O. The number of primary amides is 3. The van der Waals surface area contributed by atoms with E-state index in [9.17, 15) is 47.9 Å². The molecule has 0 spiro atoms. The van der Waals surface area contributed by atoms with E-state index >= 15 is 0 Å². The van der Waals surface area contributed by atoms with Crippen molar-refractivity contribution in [2.45, 2.75) is 38.3 Å². The van der Waals surface area contributed by atoms with Crippen molar-refractivity contribution >= 4 is 82.1 Å². The first-order chi connectivity index (χ1) is 36.2. The number of hydrogen-bond donors (Lipinski definition) is 13. The van der Waals surface area contributed by atoms with Gasteiger partial charge in [-0.15, -0.1) is 0 Å². The number of nitrogens with one attached hydrogen (secondary N) is 9. The van der Waals surface area contributed by atoms with Crippen molar-refractivity contribution in [1.29, 1.82) is 0 Å². The van der Waals surface area contributed by atoms with Crippen LogP contribution in [0.15, 0.2) is 72.8 Å². The van der Waals surface area contributed by atoms with Crippen LogP contribution >= 0.6 is 0 Å². The van der Waals surface area contributed by atoms with E-state index in [4.69, 9.17) is 41.9 Å². The van der Waals surface area contributed by atoms with Gasteiger partial charge >= 0.3 is 12.1 Å². The summed E-state index contributed by atoms with van der Waals surface area (Å²) in [7, 11) is 5.25. The molecule has 12 amide bonds. The van der Waals surface area contributed by atoms with E-state index in [1.807, 2.05) is 0 Å². The molecule has 406 valence electrons. The fourth-order valence-corrected chi connectivity index (χ4v) is 7.29. The van der Waals surface area contributed by atoms with E-state index in [0.29, 0.717) is 0 Å². The van der Waals surface area contributed by atoms with Crippen LogP contribution in [-0.2, 0) is 19.2 Å². The molecule has 4 aromatic carbocycles. The Morgan fingerprint density at radius 2 is 0.908 bits per heavy atom. The van der Waals surface area contributed by atoms with Crippen molar-refractivity contribution < 1.29 is 66.9 Å². The fourth-order valence-electron chi connectivity index (χ4n) is 7.29. The van der Waals surface area contributed by atoms with Crippen molar-refractivity contribution in [2.24, 2.45) is 28.9 Å². The van der Waals surface area contributed by atoms with Crippen molar-refractivity contribution in [2.75, 3.05) is 75.9 Å². The molecule has 0 radical (unpaired) electrons. The first-order valence-corrected chi connectivity index (χ1v) is 23.1. The lowest BCUT2D eigenvalue weighted by atomic mass is 9.96. The molecule has 27 nitrogen and oxygen atoms in total. The highest BCUT2D eigenvalue weighted by Crippen LogP contribution is 2.28. The van der Waals surface area contributed by atoms with E-state index in [2.05, 4.69) is 47.9 Å². The molecule has 0 heterocycles. The Kier molecular flexibility index (Phi) is 22.1. The summed E-state index contributed by atoms with van der Waals surface area (Å²) in [4.78, 5) is 129. The summed E-state index contributed by atoms with van der Waals surface area (Å²) in [5.41, 5.74) is 21.6. The van der Waals surface area contributed by atoms with Gasteiger partial charge in [0.2, 0.25) is 23.6 Å². The molecule has 0 fully saturated rings. The van der Waals surface area contributed by atoms with Gasteiger partial charge in [-0.2, -0.15) is 0 Å². The molecule has 3 atom stereocenters. The van der Waals surface area contributed by atoms with Crippen molar-refractivity contribution in [3.8, 4) is 23.0 Å². The molecule has 4 aromatic rings. The number of anilines is 4. The van der Waals surface area contributed by atoms with Gasteiger partial charge < -0.3 is 89.7 Å². The molecule has 0 aliphatic carbocycles. The second kappa shape index (κ2) is 28.5. The Balaban J connectivity index is 1.56. The largest absolute Gasteiger partial charge is 0.496 e. The predicted molar refractivity (Wildman–Crippen MR) is 277 cm³/mol. The summed E-state index contributed by atoms with van der Waals surface area (Å²) in [6.07, 6.45) is 0.263. The van der Waals surface area contributed by atoms with Crippen molar-refractivity contribution in [3.63, 3.8) is 0 Å². The Hall–Kier alpha value is -9.66. The molecule has 27 heteroatoms. The quantitative estimate of drug-likeness (QED) is 0.0366. The van der Waals surface area contributed by atoms with Gasteiger partial charge in [0, 0.05) is 35.8 Å². The third kappa shape index (κ3) is 17.2. The number of ether oxygens (including phenoxy) is 4. The number of carbonyl (C=O) groups is 10. The maximum absolute atomic E-state index is 14.3. The molecule has 76 heavy (non-hydrogen) atoms. The first-order valence-electron chi connectivity index (χ1n) is 23.1. The average Bonchev–Trinajstić information content (AvgIpc) is 3.39. The molecule has 0 saturated carbocycles. The van der Waals surface area contributed by atoms with Gasteiger partial charge in [0.1, 0.15) is 35.1 Å². The normalized spacial score (nSPS) is 11.7. The van der Waals surface area contributed by atoms with Crippen LogP contribution in [0.4, 0.5) is 32.3 Å². The zero-order valence-electron chi connectivity index (χ0n) is 42.1. The molecule has 4 rings (SSSR count). The molecule has 0 aliphatic rings. The number of methoxy groups -OCH3 is 4. The lowest BCUT2D eigenvalue weighted by Crippen LogP contribution is -2.48. The Morgan fingerprint density at radius 3 is 1.38 bits per heavy atom. The standard InChI is InChI=1S/C49H61N13O14/c1-25(16-18-55-49(53)72)41(62-45(68)33-21-27(9-14-38(33)76-5)58-40(64)24-56-43(66)31-20-26(57-39(63)23-50)8-13-36(31)74-3)47(70)60-29-11-15-37(75-4)32(22-29)44(67)61-34(7-6-17-54-48(52)71)46(69)59-28-10-12-35(73-2)30(19-28)42(51)65/h8-15,19-22,25,34,41H,6-7,16-18,23-24,50H2,1-5H3,(H2,51,65)(H,56,66)(H,57,63)(H,58,64)(H,59,69)(H,60,70)(H,61,67)(H,62,68)(H3,52,54,71)(H3,53,55,72). The van der Waals surface area contributed by atoms with E-state index in [1.165, 1.54) is 101 Å². The minimum atomic E-state index is -1.35. The van der Waals surface area contributed by atoms with Crippen LogP contribution in [0.25, 0.3) is 0 Å². The summed E-state index contributed by atoms with van der Waals surface area (Å²) >= 11 is 0. The number of carbonyl (C=O) groups excluding carboxylic acids is 10. The second-order valence-electron chi connectivity index (χ2n) is 16.5. The molecule has 3 unspecified atom stereocenters. The van der Waals surface area contributed by atoms with Crippen molar-refractivity contribution in [3.05, 3.63) is 95.1 Å². The highest BCUT2D eigenvalue weighted by Gasteiger charge is 2.30. The van der Waals surface area contributed by atoms with E-state index in [1.54, 1.807) is 6.92 Å². The zero-order chi connectivity index (χ0) is 56.1. The van der Waals surface area contributed by atoms with Crippen LogP contribution in [-0.4, -0.2) is 126 Å². The third-order valence-electron chi connectivity index (χ3n) is 11.1. The van der Waals surface area contributed by atoms with Gasteiger partial charge in [-0.05, 0) is 98.0 Å². The smallest absolute Gasteiger partial charge is 0.312 e. The highest BCUT2D eigenvalue weighted by molar-refractivity contribution is 6.07. The van der Waals surface area contributed by atoms with Crippen LogP contribution in [0.1, 0.15) is 67.6 Å². The third-order valence-corrected chi connectivity index (χ3v) is 11.1. The number of urea groups is 2. The molecular formula is C49H61N13O14. The summed E-state index contributed by atoms with van der Waals surface area (Å²) in [6.45, 7) is 0.839. The number of nitrogens with two attached hydrogens (primary N) is 4. The summed E-state index contributed by atoms with van der Waals surface area (Å²) < 4.78 is 21.3. The Morgan fingerprint density at radius 1 is 0.487 bits per heavy atom. The fraction of sp³-hybridized carbons (Fsp3) is 0.306. The van der Waals surface area contributed by atoms with Crippen LogP contribution in [0, 0.1) is 5.92 Å². The van der Waals surface area contributed by atoms with Gasteiger partial charge in [-0.1, -0.05) is 6.92 Å². The number of benzene rings is 4. The number of hydrogen-bond acceptors (Lipinski definition) is 15. The Labute approximate surface area is 435 Å².